The number of nitrogens with zero attached hydrogens (tertiary/aromatic N) is 1. The first-order valence-corrected chi connectivity index (χ1v) is 8.31. The van der Waals surface area contributed by atoms with Crippen molar-refractivity contribution in [1.82, 2.24) is 15.6 Å². The molecule has 0 aliphatic carbocycles. The molecule has 1 amide bonds. The van der Waals surface area contributed by atoms with Gasteiger partial charge in [0.15, 0.2) is 0 Å². The summed E-state index contributed by atoms with van der Waals surface area (Å²) >= 11 is 0. The average Bonchev–Trinajstić information content (AvgIpc) is 2.63. The number of ether oxygens (including phenoxy) is 1. The Morgan fingerprint density at radius 3 is 2.75 bits per heavy atom. The number of pyridine rings is 1. The topological polar surface area (TPSA) is 63.2 Å². The van der Waals surface area contributed by atoms with E-state index in [1.54, 1.807) is 6.20 Å². The van der Waals surface area contributed by atoms with E-state index >= 15 is 0 Å². The van der Waals surface area contributed by atoms with Gasteiger partial charge >= 0.3 is 0 Å². The maximum atomic E-state index is 12.4. The van der Waals surface area contributed by atoms with Gasteiger partial charge in [0.25, 0.3) is 0 Å². The first-order chi connectivity index (χ1) is 11.6. The summed E-state index contributed by atoms with van der Waals surface area (Å²) in [5, 5.41) is 6.27. The Hall–Kier alpha value is -2.24. The van der Waals surface area contributed by atoms with Crippen LogP contribution in [0.15, 0.2) is 48.8 Å². The molecule has 0 saturated carbocycles. The summed E-state index contributed by atoms with van der Waals surface area (Å²) < 4.78 is 5.53. The van der Waals surface area contributed by atoms with E-state index in [9.17, 15) is 4.79 Å². The van der Waals surface area contributed by atoms with Crippen molar-refractivity contribution < 1.29 is 9.53 Å². The Labute approximate surface area is 142 Å². The van der Waals surface area contributed by atoms with Crippen LogP contribution in [0.5, 0.6) is 0 Å². The number of morpholine rings is 1. The second-order valence-corrected chi connectivity index (χ2v) is 6.10. The van der Waals surface area contributed by atoms with Crippen molar-refractivity contribution in [2.75, 3.05) is 13.2 Å². The van der Waals surface area contributed by atoms with Gasteiger partial charge in [0.05, 0.1) is 18.8 Å². The van der Waals surface area contributed by atoms with E-state index in [1.165, 1.54) is 0 Å². The van der Waals surface area contributed by atoms with Crippen LogP contribution in [0, 0.1) is 0 Å². The molecular weight excluding hydrogens is 302 g/mol. The number of rotatable bonds is 4. The fourth-order valence-electron chi connectivity index (χ4n) is 2.91. The van der Waals surface area contributed by atoms with Crippen molar-refractivity contribution in [1.29, 1.82) is 0 Å². The summed E-state index contributed by atoms with van der Waals surface area (Å²) in [6.45, 7) is 5.27. The number of carbonyl (C=O) groups excluding carboxylic acids is 1. The highest BCUT2D eigenvalue weighted by molar-refractivity contribution is 5.83. The molecule has 1 aromatic heterocycles. The van der Waals surface area contributed by atoms with Crippen LogP contribution < -0.4 is 10.6 Å². The van der Waals surface area contributed by atoms with Gasteiger partial charge in [0.2, 0.25) is 5.91 Å². The van der Waals surface area contributed by atoms with Crippen molar-refractivity contribution in [3.63, 3.8) is 0 Å². The van der Waals surface area contributed by atoms with Gasteiger partial charge in [-0.3, -0.25) is 9.78 Å². The second kappa shape index (κ2) is 7.55. The van der Waals surface area contributed by atoms with Gasteiger partial charge in [-0.05, 0) is 36.6 Å². The zero-order chi connectivity index (χ0) is 16.9. The molecule has 1 aromatic carbocycles. The zero-order valence-corrected chi connectivity index (χ0v) is 14.0. The molecule has 2 aromatic rings. The standard InChI is InChI=1S/C19H23N3O2/c1-13(22-19(23)18-14(2)24-11-10-21-18)15-5-7-16(8-6-15)17-4-3-9-20-12-17/h3-9,12-14,18,21H,10-11H2,1-2H3,(H,22,23)/t13?,14-,18+/m1/s1. The largest absolute Gasteiger partial charge is 0.375 e. The fraction of sp³-hybridized carbons (Fsp3) is 0.368. The van der Waals surface area contributed by atoms with Crippen LogP contribution >= 0.6 is 0 Å². The third kappa shape index (κ3) is 3.80. The SMILES string of the molecule is CC(NC(=O)[C@H]1NCCO[C@@H]1C)c1ccc(-c2cccnc2)cc1. The van der Waals surface area contributed by atoms with Crippen LogP contribution in [0.1, 0.15) is 25.5 Å². The Kier molecular flexibility index (Phi) is 5.23. The van der Waals surface area contributed by atoms with Crippen LogP contribution in [0.25, 0.3) is 11.1 Å². The number of hydrogen-bond donors (Lipinski definition) is 2. The third-order valence-electron chi connectivity index (χ3n) is 4.36. The molecule has 2 N–H and O–H groups in total. The van der Waals surface area contributed by atoms with Gasteiger partial charge in [-0.1, -0.05) is 30.3 Å². The lowest BCUT2D eigenvalue weighted by molar-refractivity contribution is -0.129. The molecule has 1 aliphatic rings. The number of amides is 1. The van der Waals surface area contributed by atoms with Crippen LogP contribution in [0.2, 0.25) is 0 Å². The predicted molar refractivity (Wildman–Crippen MR) is 93.4 cm³/mol. The van der Waals surface area contributed by atoms with E-state index in [-0.39, 0.29) is 24.1 Å². The van der Waals surface area contributed by atoms with E-state index in [4.69, 9.17) is 4.74 Å². The number of nitrogens with one attached hydrogen (secondary N) is 2. The molecule has 0 spiro atoms. The Bertz CT molecular complexity index is 673. The van der Waals surface area contributed by atoms with Gasteiger partial charge in [-0.15, -0.1) is 0 Å². The molecule has 2 heterocycles. The van der Waals surface area contributed by atoms with Gasteiger partial charge < -0.3 is 15.4 Å². The molecule has 0 bridgehead atoms. The molecular formula is C19H23N3O2. The summed E-state index contributed by atoms with van der Waals surface area (Å²) in [6, 6.07) is 11.8. The highest BCUT2D eigenvalue weighted by Crippen LogP contribution is 2.21. The minimum absolute atomic E-state index is 0.0222. The van der Waals surface area contributed by atoms with Gasteiger partial charge in [-0.2, -0.15) is 0 Å². The van der Waals surface area contributed by atoms with Crippen molar-refractivity contribution in [2.45, 2.75) is 32.0 Å². The summed E-state index contributed by atoms with van der Waals surface area (Å²) in [4.78, 5) is 16.6. The van der Waals surface area contributed by atoms with Crippen molar-refractivity contribution >= 4 is 5.91 Å². The van der Waals surface area contributed by atoms with Gasteiger partial charge in [-0.25, -0.2) is 0 Å². The lowest BCUT2D eigenvalue weighted by Gasteiger charge is -2.30. The molecule has 24 heavy (non-hydrogen) atoms. The van der Waals surface area contributed by atoms with Crippen molar-refractivity contribution in [3.05, 3.63) is 54.4 Å². The maximum absolute atomic E-state index is 12.4. The first kappa shape index (κ1) is 16.6. The Morgan fingerprint density at radius 1 is 1.29 bits per heavy atom. The second-order valence-electron chi connectivity index (χ2n) is 6.10. The maximum Gasteiger partial charge on any atom is 0.240 e. The summed E-state index contributed by atoms with van der Waals surface area (Å²) in [7, 11) is 0. The van der Waals surface area contributed by atoms with Crippen molar-refractivity contribution in [3.8, 4) is 11.1 Å². The lowest BCUT2D eigenvalue weighted by atomic mass is 10.0. The summed E-state index contributed by atoms with van der Waals surface area (Å²) in [5.74, 6) is -0.0222. The highest BCUT2D eigenvalue weighted by atomic mass is 16.5. The Morgan fingerprint density at radius 2 is 2.08 bits per heavy atom. The molecule has 0 radical (unpaired) electrons. The minimum Gasteiger partial charge on any atom is -0.375 e. The fourth-order valence-corrected chi connectivity index (χ4v) is 2.91. The van der Waals surface area contributed by atoms with E-state index in [1.807, 2.05) is 44.3 Å². The highest BCUT2D eigenvalue weighted by Gasteiger charge is 2.29. The van der Waals surface area contributed by atoms with Crippen LogP contribution in [0.3, 0.4) is 0 Å². The van der Waals surface area contributed by atoms with Crippen LogP contribution in [-0.4, -0.2) is 36.2 Å². The molecule has 3 atom stereocenters. The van der Waals surface area contributed by atoms with E-state index in [0.29, 0.717) is 13.2 Å². The number of benzene rings is 1. The minimum atomic E-state index is -0.295. The van der Waals surface area contributed by atoms with Crippen LogP contribution in [0.4, 0.5) is 0 Å². The van der Waals surface area contributed by atoms with E-state index < -0.39 is 0 Å². The molecule has 1 saturated heterocycles. The van der Waals surface area contributed by atoms with E-state index in [0.717, 1.165) is 16.7 Å². The molecule has 126 valence electrons. The number of carbonyl (C=O) groups is 1. The Balaban J connectivity index is 1.64. The molecule has 1 fully saturated rings. The van der Waals surface area contributed by atoms with E-state index in [2.05, 4.69) is 27.8 Å². The van der Waals surface area contributed by atoms with Crippen LogP contribution in [-0.2, 0) is 9.53 Å². The van der Waals surface area contributed by atoms with Crippen molar-refractivity contribution in [2.24, 2.45) is 0 Å². The summed E-state index contributed by atoms with van der Waals surface area (Å²) in [5.41, 5.74) is 3.26. The molecule has 3 rings (SSSR count). The first-order valence-electron chi connectivity index (χ1n) is 8.31. The number of hydrogen-bond acceptors (Lipinski definition) is 4. The lowest BCUT2D eigenvalue weighted by Crippen LogP contribution is -2.55. The molecule has 1 unspecified atom stereocenters. The predicted octanol–water partition coefficient (Wildman–Crippen LogP) is 2.30. The average molecular weight is 325 g/mol. The summed E-state index contributed by atoms with van der Waals surface area (Å²) in [6.07, 6.45) is 3.49. The zero-order valence-electron chi connectivity index (χ0n) is 14.0. The molecule has 5 nitrogen and oxygen atoms in total. The third-order valence-corrected chi connectivity index (χ3v) is 4.36. The van der Waals surface area contributed by atoms with Gasteiger partial charge in [0, 0.05) is 18.9 Å². The normalized spacial score (nSPS) is 21.9. The molecule has 1 aliphatic heterocycles. The van der Waals surface area contributed by atoms with Gasteiger partial charge in [0.1, 0.15) is 6.04 Å². The quantitative estimate of drug-likeness (QED) is 0.905. The monoisotopic (exact) mass is 325 g/mol. The number of aromatic nitrogens is 1. The smallest absolute Gasteiger partial charge is 0.240 e. The molecule has 5 heteroatoms.